The summed E-state index contributed by atoms with van der Waals surface area (Å²) in [5.74, 6) is 0.559. The quantitative estimate of drug-likeness (QED) is 0.845. The molecule has 0 atom stereocenters. The zero-order valence-electron chi connectivity index (χ0n) is 11.1. The summed E-state index contributed by atoms with van der Waals surface area (Å²) in [7, 11) is 1.57. The van der Waals surface area contributed by atoms with Crippen molar-refractivity contribution in [2.45, 2.75) is 6.42 Å². The molecule has 0 bridgehead atoms. The average Bonchev–Trinajstić information content (AvgIpc) is 2.89. The first-order valence-corrected chi connectivity index (χ1v) is 6.82. The Labute approximate surface area is 122 Å². The van der Waals surface area contributed by atoms with Crippen molar-refractivity contribution in [2.24, 2.45) is 0 Å². The predicted octanol–water partition coefficient (Wildman–Crippen LogP) is 3.55. The van der Waals surface area contributed by atoms with Crippen molar-refractivity contribution in [1.29, 1.82) is 0 Å². The fourth-order valence-electron chi connectivity index (χ4n) is 2.55. The van der Waals surface area contributed by atoms with Gasteiger partial charge in [-0.05, 0) is 42.3 Å². The molecule has 3 nitrogen and oxygen atoms in total. The third kappa shape index (κ3) is 2.14. The summed E-state index contributed by atoms with van der Waals surface area (Å²) in [6.45, 7) is 0.673. The lowest BCUT2D eigenvalue weighted by molar-refractivity contribution is 0.0986. The van der Waals surface area contributed by atoms with Crippen LogP contribution < -0.4 is 9.64 Å². The molecule has 0 saturated carbocycles. The molecule has 1 aliphatic rings. The Morgan fingerprint density at radius 2 is 2.05 bits per heavy atom. The topological polar surface area (TPSA) is 29.5 Å². The molecule has 0 spiro atoms. The molecular weight excluding hydrogens is 274 g/mol. The molecule has 1 amide bonds. The van der Waals surface area contributed by atoms with Crippen LogP contribution in [0, 0.1) is 0 Å². The molecule has 0 aliphatic carbocycles. The van der Waals surface area contributed by atoms with Gasteiger partial charge >= 0.3 is 0 Å². The molecule has 102 valence electrons. The van der Waals surface area contributed by atoms with Crippen LogP contribution in [0.4, 0.5) is 5.69 Å². The first-order valence-electron chi connectivity index (χ1n) is 6.44. The van der Waals surface area contributed by atoms with Gasteiger partial charge in [0.15, 0.2) is 0 Å². The maximum atomic E-state index is 12.7. The van der Waals surface area contributed by atoms with Gasteiger partial charge in [0.05, 0.1) is 12.7 Å². The third-order valence-corrected chi connectivity index (χ3v) is 3.75. The van der Waals surface area contributed by atoms with E-state index in [9.17, 15) is 4.79 Å². The minimum Gasteiger partial charge on any atom is -0.496 e. The van der Waals surface area contributed by atoms with Gasteiger partial charge in [-0.2, -0.15) is 0 Å². The van der Waals surface area contributed by atoms with Crippen LogP contribution in [0.2, 0.25) is 5.02 Å². The highest BCUT2D eigenvalue weighted by Gasteiger charge is 2.27. The largest absolute Gasteiger partial charge is 0.496 e. The normalized spacial score (nSPS) is 13.2. The predicted molar refractivity (Wildman–Crippen MR) is 79.8 cm³/mol. The molecule has 0 radical (unpaired) electrons. The highest BCUT2D eigenvalue weighted by molar-refractivity contribution is 6.30. The Morgan fingerprint density at radius 3 is 2.85 bits per heavy atom. The molecule has 0 N–H and O–H groups in total. The number of hydrogen-bond donors (Lipinski definition) is 0. The number of para-hydroxylation sites is 1. The number of benzene rings is 2. The van der Waals surface area contributed by atoms with E-state index in [1.165, 1.54) is 0 Å². The molecular formula is C16H14ClNO2. The Balaban J connectivity index is 1.98. The number of nitrogens with zero attached hydrogens (tertiary/aromatic N) is 1. The van der Waals surface area contributed by atoms with E-state index < -0.39 is 0 Å². The average molecular weight is 288 g/mol. The van der Waals surface area contributed by atoms with Crippen molar-refractivity contribution in [2.75, 3.05) is 18.6 Å². The fraction of sp³-hybridized carbons (Fsp3) is 0.188. The van der Waals surface area contributed by atoms with Gasteiger partial charge in [0.25, 0.3) is 5.91 Å². The van der Waals surface area contributed by atoms with Gasteiger partial charge in [0.2, 0.25) is 0 Å². The number of hydrogen-bond acceptors (Lipinski definition) is 2. The Kier molecular flexibility index (Phi) is 3.36. The second-order valence-electron chi connectivity index (χ2n) is 4.68. The van der Waals surface area contributed by atoms with Gasteiger partial charge in [-0.3, -0.25) is 4.79 Å². The molecule has 3 rings (SSSR count). The lowest BCUT2D eigenvalue weighted by Gasteiger charge is -2.18. The van der Waals surface area contributed by atoms with Gasteiger partial charge in [-0.15, -0.1) is 0 Å². The van der Waals surface area contributed by atoms with E-state index in [0.29, 0.717) is 22.9 Å². The standard InChI is InChI=1S/C16H14ClNO2/c1-20-15-5-3-2-4-13(15)16(19)18-9-8-11-10-12(17)6-7-14(11)18/h2-7,10H,8-9H2,1H3. The summed E-state index contributed by atoms with van der Waals surface area (Å²) in [5, 5.41) is 0.704. The molecule has 1 heterocycles. The molecule has 1 aliphatic heterocycles. The van der Waals surface area contributed by atoms with Gasteiger partial charge < -0.3 is 9.64 Å². The number of anilines is 1. The first kappa shape index (κ1) is 13.0. The summed E-state index contributed by atoms with van der Waals surface area (Å²) >= 11 is 5.99. The van der Waals surface area contributed by atoms with Crippen LogP contribution in [0.3, 0.4) is 0 Å². The monoisotopic (exact) mass is 287 g/mol. The molecule has 0 saturated heterocycles. The molecule has 0 aromatic heterocycles. The second kappa shape index (κ2) is 5.17. The van der Waals surface area contributed by atoms with E-state index in [2.05, 4.69) is 0 Å². The first-order chi connectivity index (χ1) is 9.70. The summed E-state index contributed by atoms with van der Waals surface area (Å²) in [5.41, 5.74) is 2.63. The van der Waals surface area contributed by atoms with Gasteiger partial charge in [0.1, 0.15) is 5.75 Å². The van der Waals surface area contributed by atoms with E-state index in [4.69, 9.17) is 16.3 Å². The highest BCUT2D eigenvalue weighted by Crippen LogP contribution is 2.32. The van der Waals surface area contributed by atoms with E-state index in [-0.39, 0.29) is 5.91 Å². The Morgan fingerprint density at radius 1 is 1.25 bits per heavy atom. The minimum absolute atomic E-state index is 0.0384. The fourth-order valence-corrected chi connectivity index (χ4v) is 2.74. The van der Waals surface area contributed by atoms with Gasteiger partial charge in [-0.25, -0.2) is 0 Å². The lowest BCUT2D eigenvalue weighted by Crippen LogP contribution is -2.29. The molecule has 4 heteroatoms. The van der Waals surface area contributed by atoms with Crippen LogP contribution >= 0.6 is 11.6 Å². The van der Waals surface area contributed by atoms with Crippen LogP contribution in [0.15, 0.2) is 42.5 Å². The maximum Gasteiger partial charge on any atom is 0.262 e. The van der Waals surface area contributed by atoms with Gasteiger partial charge in [-0.1, -0.05) is 23.7 Å². The summed E-state index contributed by atoms with van der Waals surface area (Å²) in [4.78, 5) is 14.5. The second-order valence-corrected chi connectivity index (χ2v) is 5.12. The Bertz CT molecular complexity index is 669. The van der Waals surface area contributed by atoms with E-state index in [1.807, 2.05) is 30.3 Å². The summed E-state index contributed by atoms with van der Waals surface area (Å²) in [6.07, 6.45) is 0.830. The molecule has 2 aromatic rings. The van der Waals surface area contributed by atoms with E-state index >= 15 is 0 Å². The zero-order valence-corrected chi connectivity index (χ0v) is 11.9. The summed E-state index contributed by atoms with van der Waals surface area (Å²) in [6, 6.07) is 12.9. The molecule has 0 unspecified atom stereocenters. The van der Waals surface area contributed by atoms with E-state index in [1.54, 1.807) is 24.1 Å². The van der Waals surface area contributed by atoms with Crippen LogP contribution in [0.25, 0.3) is 0 Å². The number of carbonyl (C=O) groups is 1. The molecule has 2 aromatic carbocycles. The summed E-state index contributed by atoms with van der Waals surface area (Å²) < 4.78 is 5.26. The number of rotatable bonds is 2. The number of halogens is 1. The zero-order chi connectivity index (χ0) is 14.1. The number of carbonyl (C=O) groups excluding carboxylic acids is 1. The van der Waals surface area contributed by atoms with Crippen LogP contribution in [-0.2, 0) is 6.42 Å². The van der Waals surface area contributed by atoms with Crippen molar-refractivity contribution in [3.8, 4) is 5.75 Å². The van der Waals surface area contributed by atoms with E-state index in [0.717, 1.165) is 17.7 Å². The molecule has 20 heavy (non-hydrogen) atoms. The number of methoxy groups -OCH3 is 1. The van der Waals surface area contributed by atoms with Crippen molar-refractivity contribution in [3.05, 3.63) is 58.6 Å². The Hall–Kier alpha value is -2.00. The maximum absolute atomic E-state index is 12.7. The van der Waals surface area contributed by atoms with Crippen LogP contribution in [0.1, 0.15) is 15.9 Å². The smallest absolute Gasteiger partial charge is 0.262 e. The SMILES string of the molecule is COc1ccccc1C(=O)N1CCc2cc(Cl)ccc21. The van der Waals surface area contributed by atoms with Crippen molar-refractivity contribution < 1.29 is 9.53 Å². The molecule has 0 fully saturated rings. The van der Waals surface area contributed by atoms with Crippen LogP contribution in [0.5, 0.6) is 5.75 Å². The van der Waals surface area contributed by atoms with Crippen molar-refractivity contribution >= 4 is 23.2 Å². The van der Waals surface area contributed by atoms with Crippen LogP contribution in [-0.4, -0.2) is 19.6 Å². The number of fused-ring (bicyclic) bond motifs is 1. The highest BCUT2D eigenvalue weighted by atomic mass is 35.5. The lowest BCUT2D eigenvalue weighted by atomic mass is 10.1. The minimum atomic E-state index is -0.0384. The third-order valence-electron chi connectivity index (χ3n) is 3.52. The number of amides is 1. The number of ether oxygens (including phenoxy) is 1. The van der Waals surface area contributed by atoms with Gasteiger partial charge in [0, 0.05) is 17.3 Å². The van der Waals surface area contributed by atoms with Crippen molar-refractivity contribution in [1.82, 2.24) is 0 Å². The van der Waals surface area contributed by atoms with Crippen molar-refractivity contribution in [3.63, 3.8) is 0 Å².